The molecule has 1 aliphatic rings. The molecule has 2 heterocycles. The van der Waals surface area contributed by atoms with E-state index < -0.39 is 0 Å². The van der Waals surface area contributed by atoms with E-state index in [1.54, 1.807) is 7.11 Å². The van der Waals surface area contributed by atoms with E-state index in [9.17, 15) is 0 Å². The Bertz CT molecular complexity index is 615. The van der Waals surface area contributed by atoms with Crippen LogP contribution in [0.3, 0.4) is 0 Å². The van der Waals surface area contributed by atoms with Crippen LogP contribution in [0.2, 0.25) is 0 Å². The number of fused-ring (bicyclic) bond motifs is 1. The first kappa shape index (κ1) is 14.6. The van der Waals surface area contributed by atoms with Gasteiger partial charge in [0.1, 0.15) is 11.3 Å². The molecular weight excluding hydrogens is 286 g/mol. The second-order valence-electron chi connectivity index (χ2n) is 5.80. The van der Waals surface area contributed by atoms with Crippen molar-refractivity contribution in [1.29, 1.82) is 0 Å². The minimum atomic E-state index is -0.117. The third kappa shape index (κ3) is 2.86. The van der Waals surface area contributed by atoms with Crippen LogP contribution in [-0.4, -0.2) is 21.6 Å². The van der Waals surface area contributed by atoms with Crippen molar-refractivity contribution in [2.45, 2.75) is 56.9 Å². The standard InChI is InChI=1S/C16H22ClN3O/c1-11(17)15-18-13-9-10-14(21-2)19-16(13)20(15)12-7-5-3-4-6-8-12/h9-12H,3-8H2,1-2H3. The van der Waals surface area contributed by atoms with Gasteiger partial charge in [-0.3, -0.25) is 0 Å². The number of aromatic nitrogens is 3. The van der Waals surface area contributed by atoms with Gasteiger partial charge in [-0.25, -0.2) is 4.98 Å². The summed E-state index contributed by atoms with van der Waals surface area (Å²) in [6.45, 7) is 1.98. The lowest BCUT2D eigenvalue weighted by Gasteiger charge is -2.20. The molecule has 0 N–H and O–H groups in total. The molecule has 1 saturated carbocycles. The Morgan fingerprint density at radius 3 is 2.52 bits per heavy atom. The fraction of sp³-hybridized carbons (Fsp3) is 0.625. The quantitative estimate of drug-likeness (QED) is 0.613. The molecular formula is C16H22ClN3O. The first-order valence-electron chi connectivity index (χ1n) is 7.77. The molecule has 2 aromatic rings. The number of hydrogen-bond donors (Lipinski definition) is 0. The van der Waals surface area contributed by atoms with E-state index >= 15 is 0 Å². The van der Waals surface area contributed by atoms with Crippen molar-refractivity contribution in [3.8, 4) is 5.88 Å². The monoisotopic (exact) mass is 307 g/mol. The summed E-state index contributed by atoms with van der Waals surface area (Å²) >= 11 is 6.37. The number of pyridine rings is 1. The van der Waals surface area contributed by atoms with Crippen molar-refractivity contribution in [2.75, 3.05) is 7.11 Å². The first-order chi connectivity index (χ1) is 10.2. The van der Waals surface area contributed by atoms with Crippen LogP contribution in [0, 0.1) is 0 Å². The van der Waals surface area contributed by atoms with Crippen molar-refractivity contribution < 1.29 is 4.74 Å². The maximum Gasteiger partial charge on any atom is 0.215 e. The minimum Gasteiger partial charge on any atom is -0.481 e. The van der Waals surface area contributed by atoms with Crippen molar-refractivity contribution in [3.63, 3.8) is 0 Å². The highest BCUT2D eigenvalue weighted by atomic mass is 35.5. The summed E-state index contributed by atoms with van der Waals surface area (Å²) in [5, 5.41) is -0.117. The summed E-state index contributed by atoms with van der Waals surface area (Å²) < 4.78 is 7.54. The van der Waals surface area contributed by atoms with Crippen molar-refractivity contribution in [3.05, 3.63) is 18.0 Å². The van der Waals surface area contributed by atoms with Gasteiger partial charge in [-0.15, -0.1) is 11.6 Å². The van der Waals surface area contributed by atoms with Gasteiger partial charge in [0.2, 0.25) is 5.88 Å². The van der Waals surface area contributed by atoms with Crippen LogP contribution in [0.1, 0.15) is 62.7 Å². The molecule has 0 spiro atoms. The molecule has 114 valence electrons. The second-order valence-corrected chi connectivity index (χ2v) is 6.45. The van der Waals surface area contributed by atoms with Gasteiger partial charge in [-0.2, -0.15) is 4.98 Å². The number of imidazole rings is 1. The highest BCUT2D eigenvalue weighted by Gasteiger charge is 2.23. The van der Waals surface area contributed by atoms with Crippen molar-refractivity contribution in [2.24, 2.45) is 0 Å². The largest absolute Gasteiger partial charge is 0.481 e. The Morgan fingerprint density at radius 2 is 1.90 bits per heavy atom. The molecule has 0 bridgehead atoms. The van der Waals surface area contributed by atoms with Gasteiger partial charge >= 0.3 is 0 Å². The van der Waals surface area contributed by atoms with E-state index in [-0.39, 0.29) is 5.38 Å². The summed E-state index contributed by atoms with van der Waals surface area (Å²) in [6, 6.07) is 4.28. The lowest BCUT2D eigenvalue weighted by Crippen LogP contribution is -2.13. The summed E-state index contributed by atoms with van der Waals surface area (Å²) in [4.78, 5) is 9.33. The van der Waals surface area contributed by atoms with Gasteiger partial charge in [0.25, 0.3) is 0 Å². The summed E-state index contributed by atoms with van der Waals surface area (Å²) in [6.07, 6.45) is 7.55. The number of nitrogens with zero attached hydrogens (tertiary/aromatic N) is 3. The van der Waals surface area contributed by atoms with Gasteiger partial charge in [-0.05, 0) is 25.8 Å². The molecule has 3 rings (SSSR count). The fourth-order valence-corrected chi connectivity index (χ4v) is 3.40. The average Bonchev–Trinajstić information content (AvgIpc) is 2.67. The first-order valence-corrected chi connectivity index (χ1v) is 8.21. The van der Waals surface area contributed by atoms with Crippen LogP contribution >= 0.6 is 11.6 Å². The molecule has 21 heavy (non-hydrogen) atoms. The number of methoxy groups -OCH3 is 1. The Kier molecular flexibility index (Phi) is 4.34. The average molecular weight is 308 g/mol. The van der Waals surface area contributed by atoms with Crippen molar-refractivity contribution in [1.82, 2.24) is 14.5 Å². The van der Waals surface area contributed by atoms with Crippen LogP contribution in [0.25, 0.3) is 11.2 Å². The maximum atomic E-state index is 6.37. The van der Waals surface area contributed by atoms with E-state index in [0.29, 0.717) is 11.9 Å². The lowest BCUT2D eigenvalue weighted by atomic mass is 10.1. The highest BCUT2D eigenvalue weighted by molar-refractivity contribution is 6.20. The fourth-order valence-electron chi connectivity index (χ4n) is 3.24. The lowest BCUT2D eigenvalue weighted by molar-refractivity contribution is 0.396. The summed E-state index contributed by atoms with van der Waals surface area (Å²) in [7, 11) is 1.64. The third-order valence-electron chi connectivity index (χ3n) is 4.29. The van der Waals surface area contributed by atoms with Crippen LogP contribution in [-0.2, 0) is 0 Å². The second kappa shape index (κ2) is 6.22. The zero-order valence-electron chi connectivity index (χ0n) is 12.7. The SMILES string of the molecule is COc1ccc2nc(C(C)Cl)n(C3CCCCCC3)c2n1. The zero-order valence-corrected chi connectivity index (χ0v) is 13.4. The van der Waals surface area contributed by atoms with Gasteiger partial charge in [-0.1, -0.05) is 25.7 Å². The molecule has 2 aromatic heterocycles. The van der Waals surface area contributed by atoms with E-state index in [1.165, 1.54) is 38.5 Å². The molecule has 0 aliphatic heterocycles. The molecule has 4 nitrogen and oxygen atoms in total. The number of hydrogen-bond acceptors (Lipinski definition) is 3. The summed E-state index contributed by atoms with van der Waals surface area (Å²) in [5.74, 6) is 1.56. The normalized spacial score (nSPS) is 18.6. The van der Waals surface area contributed by atoms with E-state index in [4.69, 9.17) is 21.3 Å². The van der Waals surface area contributed by atoms with Crippen LogP contribution in [0.15, 0.2) is 12.1 Å². The summed E-state index contributed by atoms with van der Waals surface area (Å²) in [5.41, 5.74) is 1.81. The van der Waals surface area contributed by atoms with E-state index in [1.807, 2.05) is 19.1 Å². The molecule has 1 aliphatic carbocycles. The topological polar surface area (TPSA) is 39.9 Å². The Morgan fingerprint density at radius 1 is 1.19 bits per heavy atom. The molecule has 0 radical (unpaired) electrons. The van der Waals surface area contributed by atoms with Gasteiger partial charge in [0, 0.05) is 12.1 Å². The predicted octanol–water partition coefficient (Wildman–Crippen LogP) is 4.64. The third-order valence-corrected chi connectivity index (χ3v) is 4.49. The molecule has 1 unspecified atom stereocenters. The molecule has 0 amide bonds. The smallest absolute Gasteiger partial charge is 0.215 e. The number of alkyl halides is 1. The predicted molar refractivity (Wildman–Crippen MR) is 85.1 cm³/mol. The molecule has 0 saturated heterocycles. The number of rotatable bonds is 3. The molecule has 1 fully saturated rings. The number of halogens is 1. The van der Waals surface area contributed by atoms with E-state index in [0.717, 1.165) is 17.0 Å². The molecule has 1 atom stereocenters. The molecule has 0 aromatic carbocycles. The van der Waals surface area contributed by atoms with Gasteiger partial charge in [0.05, 0.1) is 12.5 Å². The Hall–Kier alpha value is -1.29. The number of ether oxygens (including phenoxy) is 1. The van der Waals surface area contributed by atoms with Gasteiger partial charge in [0.15, 0.2) is 5.65 Å². The van der Waals surface area contributed by atoms with Gasteiger partial charge < -0.3 is 9.30 Å². The van der Waals surface area contributed by atoms with Crippen LogP contribution < -0.4 is 4.74 Å². The van der Waals surface area contributed by atoms with Crippen LogP contribution in [0.4, 0.5) is 0 Å². The molecule has 5 heteroatoms. The Labute approximate surface area is 130 Å². The van der Waals surface area contributed by atoms with E-state index in [2.05, 4.69) is 9.55 Å². The maximum absolute atomic E-state index is 6.37. The van der Waals surface area contributed by atoms with Crippen molar-refractivity contribution >= 4 is 22.8 Å². The highest BCUT2D eigenvalue weighted by Crippen LogP contribution is 2.34. The Balaban J connectivity index is 2.13. The van der Waals surface area contributed by atoms with Crippen LogP contribution in [0.5, 0.6) is 5.88 Å². The zero-order chi connectivity index (χ0) is 14.8. The minimum absolute atomic E-state index is 0.117.